The van der Waals surface area contributed by atoms with Gasteiger partial charge in [-0.05, 0) is 44.4 Å². The predicted molar refractivity (Wildman–Crippen MR) is 71.3 cm³/mol. The molecule has 1 amide bonds. The molecule has 1 fully saturated rings. The molecular weight excluding hydrogens is 226 g/mol. The summed E-state index contributed by atoms with van der Waals surface area (Å²) >= 11 is 0. The van der Waals surface area contributed by atoms with Crippen molar-refractivity contribution in [1.29, 1.82) is 0 Å². The Hall–Kier alpha value is -1.42. The van der Waals surface area contributed by atoms with Crippen LogP contribution in [0.1, 0.15) is 35.3 Å². The first-order valence-electron chi connectivity index (χ1n) is 6.53. The van der Waals surface area contributed by atoms with Crippen LogP contribution in [0.5, 0.6) is 0 Å². The highest BCUT2D eigenvalue weighted by Gasteiger charge is 2.32. The largest absolute Gasteiger partial charge is 0.338 e. The molecule has 0 spiro atoms. The van der Waals surface area contributed by atoms with E-state index in [0.29, 0.717) is 18.0 Å². The molecular formula is C14H21N3O. The monoisotopic (exact) mass is 247 g/mol. The number of pyridine rings is 1. The van der Waals surface area contributed by atoms with E-state index in [1.807, 2.05) is 24.9 Å². The summed E-state index contributed by atoms with van der Waals surface area (Å²) < 4.78 is 0. The maximum absolute atomic E-state index is 12.4. The van der Waals surface area contributed by atoms with E-state index in [1.54, 1.807) is 12.3 Å². The first-order valence-corrected chi connectivity index (χ1v) is 6.53. The Kier molecular flexibility index (Phi) is 3.97. The molecule has 0 saturated heterocycles. The van der Waals surface area contributed by atoms with Crippen molar-refractivity contribution >= 4 is 5.91 Å². The molecule has 1 aromatic heterocycles. The van der Waals surface area contributed by atoms with E-state index >= 15 is 0 Å². The van der Waals surface area contributed by atoms with Crippen molar-refractivity contribution in [3.05, 3.63) is 29.6 Å². The molecule has 2 unspecified atom stereocenters. The lowest BCUT2D eigenvalue weighted by Gasteiger charge is -2.29. The van der Waals surface area contributed by atoms with E-state index < -0.39 is 0 Å². The molecule has 0 aromatic carbocycles. The minimum Gasteiger partial charge on any atom is -0.338 e. The van der Waals surface area contributed by atoms with Gasteiger partial charge in [0, 0.05) is 30.5 Å². The Bertz CT molecular complexity index is 433. The number of aryl methyl sites for hydroxylation is 1. The van der Waals surface area contributed by atoms with Gasteiger partial charge in [-0.2, -0.15) is 0 Å². The quantitative estimate of drug-likeness (QED) is 0.882. The Morgan fingerprint density at radius 2 is 2.33 bits per heavy atom. The third kappa shape index (κ3) is 2.53. The van der Waals surface area contributed by atoms with Gasteiger partial charge in [0.1, 0.15) is 0 Å². The van der Waals surface area contributed by atoms with Crippen LogP contribution in [-0.4, -0.2) is 35.4 Å². The van der Waals surface area contributed by atoms with Crippen LogP contribution in [0.2, 0.25) is 0 Å². The SMILES string of the molecule is Cc1cc(C(=O)N(C)C2CCCC2CN)ccn1. The van der Waals surface area contributed by atoms with E-state index in [9.17, 15) is 4.79 Å². The second-order valence-electron chi connectivity index (χ2n) is 5.10. The fourth-order valence-electron chi connectivity index (χ4n) is 2.83. The zero-order valence-electron chi connectivity index (χ0n) is 11.1. The van der Waals surface area contributed by atoms with Gasteiger partial charge in [0.2, 0.25) is 0 Å². The minimum absolute atomic E-state index is 0.0749. The molecule has 18 heavy (non-hydrogen) atoms. The summed E-state index contributed by atoms with van der Waals surface area (Å²) in [6.07, 6.45) is 5.05. The average molecular weight is 247 g/mol. The van der Waals surface area contributed by atoms with Gasteiger partial charge < -0.3 is 10.6 Å². The molecule has 1 saturated carbocycles. The van der Waals surface area contributed by atoms with Crippen molar-refractivity contribution in [3.63, 3.8) is 0 Å². The van der Waals surface area contributed by atoms with E-state index in [0.717, 1.165) is 18.5 Å². The Balaban J connectivity index is 2.13. The number of aromatic nitrogens is 1. The first-order chi connectivity index (χ1) is 8.63. The fraction of sp³-hybridized carbons (Fsp3) is 0.571. The van der Waals surface area contributed by atoms with Crippen LogP contribution in [0.3, 0.4) is 0 Å². The maximum Gasteiger partial charge on any atom is 0.253 e. The molecule has 2 rings (SSSR count). The fourth-order valence-corrected chi connectivity index (χ4v) is 2.83. The van der Waals surface area contributed by atoms with Gasteiger partial charge in [-0.25, -0.2) is 0 Å². The molecule has 1 aliphatic carbocycles. The van der Waals surface area contributed by atoms with Crippen LogP contribution in [0.15, 0.2) is 18.3 Å². The number of nitrogens with two attached hydrogens (primary N) is 1. The molecule has 4 heteroatoms. The van der Waals surface area contributed by atoms with Gasteiger partial charge >= 0.3 is 0 Å². The molecule has 2 N–H and O–H groups in total. The highest BCUT2D eigenvalue weighted by Crippen LogP contribution is 2.29. The van der Waals surface area contributed by atoms with Crippen molar-refractivity contribution in [2.45, 2.75) is 32.2 Å². The number of hydrogen-bond donors (Lipinski definition) is 1. The Labute approximate surface area is 108 Å². The summed E-state index contributed by atoms with van der Waals surface area (Å²) in [6, 6.07) is 3.90. The highest BCUT2D eigenvalue weighted by atomic mass is 16.2. The summed E-state index contributed by atoms with van der Waals surface area (Å²) in [7, 11) is 1.89. The Morgan fingerprint density at radius 3 is 3.00 bits per heavy atom. The van der Waals surface area contributed by atoms with Crippen LogP contribution in [0, 0.1) is 12.8 Å². The van der Waals surface area contributed by atoms with Gasteiger partial charge in [0.05, 0.1) is 0 Å². The smallest absolute Gasteiger partial charge is 0.253 e. The van der Waals surface area contributed by atoms with Crippen LogP contribution in [0.25, 0.3) is 0 Å². The number of carbonyl (C=O) groups is 1. The van der Waals surface area contributed by atoms with E-state index in [1.165, 1.54) is 6.42 Å². The average Bonchev–Trinajstić information content (AvgIpc) is 2.85. The predicted octanol–water partition coefficient (Wildman–Crippen LogP) is 1.59. The standard InChI is InChI=1S/C14H21N3O/c1-10-8-11(6-7-16-10)14(18)17(2)13-5-3-4-12(13)9-15/h6-8,12-13H,3-5,9,15H2,1-2H3. The number of rotatable bonds is 3. The van der Waals surface area contributed by atoms with Crippen LogP contribution in [-0.2, 0) is 0 Å². The second kappa shape index (κ2) is 5.48. The Morgan fingerprint density at radius 1 is 1.56 bits per heavy atom. The second-order valence-corrected chi connectivity index (χ2v) is 5.10. The lowest BCUT2D eigenvalue weighted by atomic mass is 10.0. The minimum atomic E-state index is 0.0749. The van der Waals surface area contributed by atoms with Gasteiger partial charge in [-0.1, -0.05) is 6.42 Å². The van der Waals surface area contributed by atoms with Gasteiger partial charge in [-0.15, -0.1) is 0 Å². The molecule has 2 atom stereocenters. The van der Waals surface area contributed by atoms with Crippen LogP contribution >= 0.6 is 0 Å². The molecule has 1 aliphatic rings. The molecule has 98 valence electrons. The lowest BCUT2D eigenvalue weighted by molar-refractivity contribution is 0.0699. The molecule has 4 nitrogen and oxygen atoms in total. The van der Waals surface area contributed by atoms with Gasteiger partial charge in [0.25, 0.3) is 5.91 Å². The van der Waals surface area contributed by atoms with Crippen LogP contribution in [0.4, 0.5) is 0 Å². The third-order valence-electron chi connectivity index (χ3n) is 3.88. The van der Waals surface area contributed by atoms with Crippen molar-refractivity contribution in [1.82, 2.24) is 9.88 Å². The first kappa shape index (κ1) is 13.0. The number of carbonyl (C=O) groups excluding carboxylic acids is 1. The summed E-state index contributed by atoms with van der Waals surface area (Å²) in [4.78, 5) is 18.4. The van der Waals surface area contributed by atoms with Gasteiger partial charge in [0.15, 0.2) is 0 Å². The number of hydrogen-bond acceptors (Lipinski definition) is 3. The van der Waals surface area contributed by atoms with Crippen molar-refractivity contribution in [2.75, 3.05) is 13.6 Å². The topological polar surface area (TPSA) is 59.2 Å². The molecule has 0 radical (unpaired) electrons. The summed E-state index contributed by atoms with van der Waals surface area (Å²) in [5.41, 5.74) is 7.36. The molecule has 1 aromatic rings. The maximum atomic E-state index is 12.4. The van der Waals surface area contributed by atoms with Crippen molar-refractivity contribution in [2.24, 2.45) is 11.7 Å². The van der Waals surface area contributed by atoms with E-state index in [2.05, 4.69) is 4.98 Å². The molecule has 0 bridgehead atoms. The molecule has 0 aliphatic heterocycles. The van der Waals surface area contributed by atoms with Crippen LogP contribution < -0.4 is 5.73 Å². The zero-order chi connectivity index (χ0) is 13.1. The summed E-state index contributed by atoms with van der Waals surface area (Å²) in [5, 5.41) is 0. The van der Waals surface area contributed by atoms with E-state index in [4.69, 9.17) is 5.73 Å². The lowest BCUT2D eigenvalue weighted by Crippen LogP contribution is -2.41. The zero-order valence-corrected chi connectivity index (χ0v) is 11.1. The van der Waals surface area contributed by atoms with Crippen molar-refractivity contribution in [3.8, 4) is 0 Å². The number of amides is 1. The summed E-state index contributed by atoms with van der Waals surface area (Å²) in [6.45, 7) is 2.56. The summed E-state index contributed by atoms with van der Waals surface area (Å²) in [5.74, 6) is 0.521. The molecule has 1 heterocycles. The van der Waals surface area contributed by atoms with Crippen molar-refractivity contribution < 1.29 is 4.79 Å². The normalized spacial score (nSPS) is 23.1. The highest BCUT2D eigenvalue weighted by molar-refractivity contribution is 5.94. The van der Waals surface area contributed by atoms with E-state index in [-0.39, 0.29) is 11.9 Å². The van der Waals surface area contributed by atoms with Gasteiger partial charge in [-0.3, -0.25) is 9.78 Å². The number of nitrogens with zero attached hydrogens (tertiary/aromatic N) is 2. The third-order valence-corrected chi connectivity index (χ3v) is 3.88.